The number of halogens is 1. The molecule has 1 amide bonds. The first-order chi connectivity index (χ1) is 24.2. The number of benzene rings is 3. The van der Waals surface area contributed by atoms with Crippen molar-refractivity contribution in [3.63, 3.8) is 0 Å². The van der Waals surface area contributed by atoms with Gasteiger partial charge in [-0.25, -0.2) is 9.18 Å². The van der Waals surface area contributed by atoms with Crippen LogP contribution in [0.1, 0.15) is 86.9 Å². The molecule has 1 heterocycles. The minimum absolute atomic E-state index is 0.00897. The Morgan fingerprint density at radius 3 is 2.06 bits per heavy atom. The van der Waals surface area contributed by atoms with Gasteiger partial charge in [0.2, 0.25) is 0 Å². The van der Waals surface area contributed by atoms with Crippen molar-refractivity contribution in [2.45, 2.75) is 72.1 Å². The largest absolute Gasteiger partial charge is 0.494 e. The second-order valence-corrected chi connectivity index (χ2v) is 13.6. The molecule has 276 valence electrons. The van der Waals surface area contributed by atoms with Gasteiger partial charge in [-0.1, -0.05) is 12.1 Å². The van der Waals surface area contributed by atoms with Crippen LogP contribution in [0.3, 0.4) is 0 Å². The van der Waals surface area contributed by atoms with Crippen LogP contribution < -0.4 is 19.5 Å². The van der Waals surface area contributed by atoms with E-state index in [-0.39, 0.29) is 53.2 Å². The number of hydrogen-bond donors (Lipinski definition) is 1. The van der Waals surface area contributed by atoms with E-state index in [0.29, 0.717) is 24.3 Å². The number of amides is 1. The van der Waals surface area contributed by atoms with Crippen LogP contribution in [0.15, 0.2) is 42.5 Å². The third-order valence-corrected chi connectivity index (χ3v) is 9.14. The topological polar surface area (TPSA) is 122 Å². The molecular formula is C39H49FN2O9. The Bertz CT molecular complexity index is 1720. The molecule has 0 aromatic heterocycles. The Labute approximate surface area is 299 Å². The van der Waals surface area contributed by atoms with Crippen LogP contribution >= 0.6 is 0 Å². The molecule has 11 nitrogen and oxygen atoms in total. The van der Waals surface area contributed by atoms with Crippen molar-refractivity contribution in [2.75, 3.05) is 48.0 Å². The monoisotopic (exact) mass is 708 g/mol. The number of ether oxygens (including phenoxy) is 6. The maximum atomic E-state index is 15.3. The summed E-state index contributed by atoms with van der Waals surface area (Å²) in [5.74, 6) is -1.90. The van der Waals surface area contributed by atoms with Crippen LogP contribution in [0.4, 0.5) is 4.39 Å². The third-order valence-electron chi connectivity index (χ3n) is 9.14. The van der Waals surface area contributed by atoms with Crippen LogP contribution in [-0.2, 0) is 14.2 Å². The van der Waals surface area contributed by atoms with Crippen molar-refractivity contribution in [3.05, 3.63) is 87.2 Å². The van der Waals surface area contributed by atoms with Gasteiger partial charge in [-0.3, -0.25) is 14.5 Å². The predicted molar refractivity (Wildman–Crippen MR) is 190 cm³/mol. The van der Waals surface area contributed by atoms with Gasteiger partial charge in [0.15, 0.2) is 30.9 Å². The number of carbonyl (C=O) groups excluding carboxylic acids is 3. The molecule has 0 radical (unpaired) electrons. The number of rotatable bonds is 13. The molecule has 1 saturated heterocycles. The van der Waals surface area contributed by atoms with Gasteiger partial charge in [0.25, 0.3) is 5.91 Å². The van der Waals surface area contributed by atoms with Crippen LogP contribution in [0, 0.1) is 26.6 Å². The molecule has 3 aromatic rings. The molecule has 51 heavy (non-hydrogen) atoms. The lowest BCUT2D eigenvalue weighted by molar-refractivity contribution is 0.0157. The number of carbonyl (C=O) groups is 3. The van der Waals surface area contributed by atoms with Gasteiger partial charge in [-0.15, -0.1) is 0 Å². The minimum atomic E-state index is -0.874. The lowest BCUT2D eigenvalue weighted by Crippen LogP contribution is -2.53. The van der Waals surface area contributed by atoms with Crippen molar-refractivity contribution in [1.29, 1.82) is 0 Å². The predicted octanol–water partition coefficient (Wildman–Crippen LogP) is 6.17. The maximum Gasteiger partial charge on any atom is 0.338 e. The fourth-order valence-corrected chi connectivity index (χ4v) is 6.19. The average Bonchev–Trinajstić information content (AvgIpc) is 3.30. The first-order valence-corrected chi connectivity index (χ1v) is 16.8. The summed E-state index contributed by atoms with van der Waals surface area (Å²) in [5.41, 5.74) is 2.72. The molecule has 0 bridgehead atoms. The molecule has 1 aliphatic rings. The highest BCUT2D eigenvalue weighted by Crippen LogP contribution is 2.32. The van der Waals surface area contributed by atoms with Crippen LogP contribution in [0.2, 0.25) is 0 Å². The maximum absolute atomic E-state index is 15.3. The van der Waals surface area contributed by atoms with Gasteiger partial charge < -0.3 is 33.7 Å². The summed E-state index contributed by atoms with van der Waals surface area (Å²) in [4.78, 5) is 43.3. The average molecular weight is 709 g/mol. The second kappa shape index (κ2) is 17.1. The first-order valence-electron chi connectivity index (χ1n) is 16.8. The quantitative estimate of drug-likeness (QED) is 0.125. The van der Waals surface area contributed by atoms with Crippen molar-refractivity contribution in [3.8, 4) is 17.2 Å². The van der Waals surface area contributed by atoms with E-state index in [4.69, 9.17) is 28.4 Å². The highest BCUT2D eigenvalue weighted by molar-refractivity contribution is 6.11. The molecule has 4 rings (SSSR count). The molecule has 1 aliphatic heterocycles. The van der Waals surface area contributed by atoms with E-state index in [2.05, 4.69) is 31.0 Å². The number of likely N-dealkylation sites (tertiary alicyclic amines) is 1. The van der Waals surface area contributed by atoms with Gasteiger partial charge in [-0.05, 0) is 108 Å². The van der Waals surface area contributed by atoms with Crippen molar-refractivity contribution >= 4 is 17.7 Å². The second-order valence-electron chi connectivity index (χ2n) is 13.6. The van der Waals surface area contributed by atoms with Crippen LogP contribution in [0.25, 0.3) is 0 Å². The highest BCUT2D eigenvalue weighted by Gasteiger charge is 2.36. The fraction of sp³-hybridized carbons (Fsp3) is 0.462. The molecule has 3 aromatic carbocycles. The van der Waals surface area contributed by atoms with Gasteiger partial charge in [0.05, 0.1) is 18.7 Å². The molecule has 1 N–H and O–H groups in total. The van der Waals surface area contributed by atoms with E-state index in [1.54, 1.807) is 7.11 Å². The van der Waals surface area contributed by atoms with E-state index in [1.807, 2.05) is 26.8 Å². The number of hydrogen-bond acceptors (Lipinski definition) is 10. The number of aryl methyl sites for hydroxylation is 1. The Kier molecular flexibility index (Phi) is 13.2. The summed E-state index contributed by atoms with van der Waals surface area (Å²) in [5, 5.41) is 3.20. The molecule has 0 saturated carbocycles. The summed E-state index contributed by atoms with van der Waals surface area (Å²) < 4.78 is 47.6. The van der Waals surface area contributed by atoms with Gasteiger partial charge in [0, 0.05) is 37.4 Å². The van der Waals surface area contributed by atoms with E-state index < -0.39 is 29.7 Å². The molecule has 0 aliphatic carbocycles. The lowest BCUT2D eigenvalue weighted by Gasteiger charge is -2.37. The van der Waals surface area contributed by atoms with E-state index in [0.717, 1.165) is 29.7 Å². The van der Waals surface area contributed by atoms with Crippen molar-refractivity contribution in [2.24, 2.45) is 0 Å². The molecule has 2 atom stereocenters. The molecule has 0 unspecified atom stereocenters. The number of nitrogens with one attached hydrogen (secondary N) is 1. The number of nitrogens with zero attached hydrogens (tertiary/aromatic N) is 1. The Balaban J connectivity index is 1.58. The normalized spacial score (nSPS) is 16.6. The van der Waals surface area contributed by atoms with Gasteiger partial charge in [0.1, 0.15) is 23.2 Å². The molecule has 1 fully saturated rings. The number of esters is 1. The SMILES string of the molecule is COCOc1cc(C)c(C(=O)N[C@@H]2CN(C(C)(C)C)CCC[C@H]2OC(=O)c2ccc(C(=O)c3c(OCOC)ccc(OC)c3F)cc2)c(C)c1C. The van der Waals surface area contributed by atoms with Crippen molar-refractivity contribution in [1.82, 2.24) is 10.2 Å². The summed E-state index contributed by atoms with van der Waals surface area (Å²) in [6.45, 7) is 13.1. The fourth-order valence-electron chi connectivity index (χ4n) is 6.19. The number of ketones is 1. The Morgan fingerprint density at radius 1 is 0.843 bits per heavy atom. The van der Waals surface area contributed by atoms with Gasteiger partial charge >= 0.3 is 5.97 Å². The molecule has 12 heteroatoms. The summed E-state index contributed by atoms with van der Waals surface area (Å²) in [6, 6.07) is 9.87. The third kappa shape index (κ3) is 9.24. The van der Waals surface area contributed by atoms with Crippen LogP contribution in [0.5, 0.6) is 17.2 Å². The zero-order valence-corrected chi connectivity index (χ0v) is 30.9. The Hall–Kier alpha value is -4.52. The zero-order chi connectivity index (χ0) is 37.5. The van der Waals surface area contributed by atoms with E-state index in [1.165, 1.54) is 50.6 Å². The van der Waals surface area contributed by atoms with E-state index >= 15 is 4.39 Å². The summed E-state index contributed by atoms with van der Waals surface area (Å²) in [7, 11) is 4.26. The zero-order valence-electron chi connectivity index (χ0n) is 30.9. The molecular weight excluding hydrogens is 659 g/mol. The lowest BCUT2D eigenvalue weighted by atomic mass is 9.96. The van der Waals surface area contributed by atoms with E-state index in [9.17, 15) is 14.4 Å². The smallest absolute Gasteiger partial charge is 0.338 e. The summed E-state index contributed by atoms with van der Waals surface area (Å²) >= 11 is 0. The summed E-state index contributed by atoms with van der Waals surface area (Å²) in [6.07, 6.45) is 0.643. The van der Waals surface area contributed by atoms with Crippen LogP contribution in [-0.4, -0.2) is 88.2 Å². The number of methoxy groups -OCH3 is 3. The molecule has 0 spiro atoms. The first kappa shape index (κ1) is 39.3. The highest BCUT2D eigenvalue weighted by atomic mass is 19.1. The minimum Gasteiger partial charge on any atom is -0.494 e. The van der Waals surface area contributed by atoms with Crippen molar-refractivity contribution < 1.29 is 47.2 Å². The standard InChI is InChI=1S/C39H49FN2O9/c1-23-19-32(50-22-47-8)24(2)25(3)33(23)37(44)41-28-20-42(39(4,5)6)18-10-11-29(28)51-38(45)27-14-12-26(13-15-27)36(43)34-30(49-21-46-7)16-17-31(48-9)35(34)40/h12-17,19,28-29H,10-11,18,20-22H2,1-9H3,(H,41,44)/t28-,29-/m1/s1. The van der Waals surface area contributed by atoms with Gasteiger partial charge in [-0.2, -0.15) is 0 Å². The Morgan fingerprint density at radius 2 is 1.45 bits per heavy atom.